The minimum Gasteiger partial charge on any atom is -0.383 e. The van der Waals surface area contributed by atoms with Crippen molar-refractivity contribution in [2.75, 3.05) is 16.8 Å². The largest absolute Gasteiger partial charge is 0.383 e. The number of hydrogen-bond donors (Lipinski definition) is 2. The first-order chi connectivity index (χ1) is 16.0. The molecule has 1 amide bonds. The Labute approximate surface area is 199 Å². The number of nitriles is 2. The van der Waals surface area contributed by atoms with E-state index in [1.54, 1.807) is 24.3 Å². The number of benzene rings is 3. The summed E-state index contributed by atoms with van der Waals surface area (Å²) < 4.78 is 0. The number of hydrogen-bond acceptors (Lipinski definition) is 6. The fraction of sp³-hybridized carbons (Fsp3) is 0.0400. The third-order valence-electron chi connectivity index (χ3n) is 4.93. The van der Waals surface area contributed by atoms with E-state index in [9.17, 15) is 15.3 Å². The van der Waals surface area contributed by atoms with Gasteiger partial charge in [0.15, 0.2) is 0 Å². The third-order valence-corrected chi connectivity index (χ3v) is 6.14. The van der Waals surface area contributed by atoms with E-state index in [1.165, 1.54) is 0 Å². The van der Waals surface area contributed by atoms with Crippen LogP contribution in [0.3, 0.4) is 0 Å². The molecule has 6 nitrogen and oxygen atoms in total. The Morgan fingerprint density at radius 2 is 1.76 bits per heavy atom. The Morgan fingerprint density at radius 3 is 2.52 bits per heavy atom. The third kappa shape index (κ3) is 4.61. The Bertz CT molecular complexity index is 1470. The van der Waals surface area contributed by atoms with Gasteiger partial charge in [0.2, 0.25) is 5.91 Å². The van der Waals surface area contributed by atoms with Crippen LogP contribution in [0.2, 0.25) is 5.02 Å². The van der Waals surface area contributed by atoms with Crippen LogP contribution < -0.4 is 11.1 Å². The van der Waals surface area contributed by atoms with Gasteiger partial charge in [-0.2, -0.15) is 10.5 Å². The Hall–Kier alpha value is -4.04. The number of pyridine rings is 1. The van der Waals surface area contributed by atoms with Gasteiger partial charge in [-0.25, -0.2) is 4.98 Å². The molecule has 0 saturated heterocycles. The highest BCUT2D eigenvalue weighted by molar-refractivity contribution is 8.00. The number of carbonyl (C=O) groups excluding carboxylic acids is 1. The summed E-state index contributed by atoms with van der Waals surface area (Å²) in [6.07, 6.45) is 0. The number of carbonyl (C=O) groups is 1. The van der Waals surface area contributed by atoms with E-state index in [0.717, 1.165) is 22.5 Å². The first-order valence-electron chi connectivity index (χ1n) is 9.82. The fourth-order valence-electron chi connectivity index (χ4n) is 3.49. The van der Waals surface area contributed by atoms with Crippen molar-refractivity contribution in [3.8, 4) is 23.3 Å². The van der Waals surface area contributed by atoms with Gasteiger partial charge in [-0.1, -0.05) is 71.9 Å². The SMILES string of the molecule is N#Cc1c(N)nc(SCC(=O)Nc2cccc3ccccc23)c(C#N)c1-c1cccc(Cl)c1. The molecule has 0 unspecified atom stereocenters. The molecule has 0 aliphatic carbocycles. The number of nitrogens with zero attached hydrogens (tertiary/aromatic N) is 3. The standard InChI is InChI=1S/C25H16ClN5OS/c26-17-8-3-7-16(11-17)23-19(12-27)24(29)31-25(20(23)13-28)33-14-22(32)30-21-10-4-6-15-5-1-2-9-18(15)21/h1-11H,14H2,(H2,29,31)(H,30,32). The van der Waals surface area contributed by atoms with Crippen molar-refractivity contribution in [1.29, 1.82) is 10.5 Å². The van der Waals surface area contributed by atoms with Crippen LogP contribution in [-0.4, -0.2) is 16.6 Å². The number of thioether (sulfide) groups is 1. The average molecular weight is 470 g/mol. The summed E-state index contributed by atoms with van der Waals surface area (Å²) in [6, 6.07) is 24.4. The summed E-state index contributed by atoms with van der Waals surface area (Å²) in [5.74, 6) is -0.261. The highest BCUT2D eigenvalue weighted by atomic mass is 35.5. The van der Waals surface area contributed by atoms with E-state index < -0.39 is 0 Å². The lowest BCUT2D eigenvalue weighted by Crippen LogP contribution is -2.15. The van der Waals surface area contributed by atoms with Crippen LogP contribution in [0.5, 0.6) is 0 Å². The zero-order valence-electron chi connectivity index (χ0n) is 17.2. The topological polar surface area (TPSA) is 116 Å². The number of nitrogens with two attached hydrogens (primary N) is 1. The highest BCUT2D eigenvalue weighted by Crippen LogP contribution is 2.36. The number of halogens is 1. The van der Waals surface area contributed by atoms with E-state index in [0.29, 0.717) is 21.8 Å². The molecule has 1 aromatic heterocycles. The molecule has 3 N–H and O–H groups in total. The van der Waals surface area contributed by atoms with E-state index >= 15 is 0 Å². The lowest BCUT2D eigenvalue weighted by molar-refractivity contribution is -0.113. The van der Waals surface area contributed by atoms with Crippen molar-refractivity contribution < 1.29 is 4.79 Å². The molecular weight excluding hydrogens is 454 g/mol. The summed E-state index contributed by atoms with van der Waals surface area (Å²) in [5, 5.41) is 25.1. The van der Waals surface area contributed by atoms with E-state index in [1.807, 2.05) is 48.5 Å². The molecule has 0 spiro atoms. The summed E-state index contributed by atoms with van der Waals surface area (Å²) in [5.41, 5.74) is 7.93. The van der Waals surface area contributed by atoms with Crippen LogP contribution in [0.15, 0.2) is 71.8 Å². The van der Waals surface area contributed by atoms with Crippen molar-refractivity contribution in [3.63, 3.8) is 0 Å². The minimum atomic E-state index is -0.255. The number of nitrogens with one attached hydrogen (secondary N) is 1. The predicted molar refractivity (Wildman–Crippen MR) is 132 cm³/mol. The van der Waals surface area contributed by atoms with Crippen LogP contribution in [0.4, 0.5) is 11.5 Å². The van der Waals surface area contributed by atoms with Gasteiger partial charge in [0.1, 0.15) is 28.5 Å². The zero-order valence-corrected chi connectivity index (χ0v) is 18.7. The number of fused-ring (bicyclic) bond motifs is 1. The second kappa shape index (κ2) is 9.62. The fourth-order valence-corrected chi connectivity index (χ4v) is 4.48. The quantitative estimate of drug-likeness (QED) is 0.367. The van der Waals surface area contributed by atoms with Crippen molar-refractivity contribution in [3.05, 3.63) is 82.9 Å². The summed E-state index contributed by atoms with van der Waals surface area (Å²) >= 11 is 7.20. The molecule has 3 aromatic carbocycles. The number of amides is 1. The molecule has 0 aliphatic heterocycles. The minimum absolute atomic E-state index is 0.00519. The number of anilines is 2. The molecule has 160 valence electrons. The predicted octanol–water partition coefficient (Wildman–Crippen LogP) is 5.61. The zero-order chi connectivity index (χ0) is 23.4. The lowest BCUT2D eigenvalue weighted by Gasteiger charge is -2.13. The van der Waals surface area contributed by atoms with Crippen molar-refractivity contribution in [2.24, 2.45) is 0 Å². The molecule has 0 fully saturated rings. The summed E-state index contributed by atoms with van der Waals surface area (Å²) in [4.78, 5) is 16.9. The maximum Gasteiger partial charge on any atom is 0.234 e. The molecule has 4 aromatic rings. The molecule has 8 heteroatoms. The molecule has 0 aliphatic rings. The molecule has 4 rings (SSSR count). The van der Waals surface area contributed by atoms with Crippen LogP contribution in [0, 0.1) is 22.7 Å². The number of aromatic nitrogens is 1. The lowest BCUT2D eigenvalue weighted by atomic mass is 9.97. The summed E-state index contributed by atoms with van der Waals surface area (Å²) in [6.45, 7) is 0. The van der Waals surface area contributed by atoms with Gasteiger partial charge in [-0.15, -0.1) is 0 Å². The molecule has 0 atom stereocenters. The number of rotatable bonds is 5. The van der Waals surface area contributed by atoms with Crippen LogP contribution in [-0.2, 0) is 4.79 Å². The van der Waals surface area contributed by atoms with Gasteiger partial charge in [0.25, 0.3) is 0 Å². The monoisotopic (exact) mass is 469 g/mol. The second-order valence-corrected chi connectivity index (χ2v) is 8.43. The van der Waals surface area contributed by atoms with E-state index in [-0.39, 0.29) is 33.6 Å². The molecule has 33 heavy (non-hydrogen) atoms. The summed E-state index contributed by atoms with van der Waals surface area (Å²) in [7, 11) is 0. The first-order valence-corrected chi connectivity index (χ1v) is 11.2. The van der Waals surface area contributed by atoms with Gasteiger partial charge < -0.3 is 11.1 Å². The van der Waals surface area contributed by atoms with Crippen molar-refractivity contribution in [1.82, 2.24) is 4.98 Å². The van der Waals surface area contributed by atoms with Crippen LogP contribution in [0.1, 0.15) is 11.1 Å². The number of nitrogen functional groups attached to an aromatic ring is 1. The van der Waals surface area contributed by atoms with E-state index in [2.05, 4.69) is 16.4 Å². The van der Waals surface area contributed by atoms with Gasteiger partial charge in [-0.3, -0.25) is 4.79 Å². The first kappa shape index (κ1) is 22.2. The van der Waals surface area contributed by atoms with Gasteiger partial charge in [-0.05, 0) is 29.1 Å². The molecule has 0 bridgehead atoms. The average Bonchev–Trinajstić information content (AvgIpc) is 2.82. The maximum atomic E-state index is 12.7. The maximum absolute atomic E-state index is 12.7. The van der Waals surface area contributed by atoms with Crippen LogP contribution in [0.25, 0.3) is 21.9 Å². The highest BCUT2D eigenvalue weighted by Gasteiger charge is 2.21. The van der Waals surface area contributed by atoms with Crippen molar-refractivity contribution in [2.45, 2.75) is 5.03 Å². The second-order valence-electron chi connectivity index (χ2n) is 7.02. The Morgan fingerprint density at radius 1 is 1.03 bits per heavy atom. The molecule has 0 radical (unpaired) electrons. The van der Waals surface area contributed by atoms with Crippen LogP contribution >= 0.6 is 23.4 Å². The van der Waals surface area contributed by atoms with Gasteiger partial charge in [0.05, 0.1) is 11.3 Å². The Balaban J connectivity index is 1.64. The Kier molecular flexibility index (Phi) is 6.46. The van der Waals surface area contributed by atoms with Gasteiger partial charge in [0, 0.05) is 21.7 Å². The molecule has 1 heterocycles. The van der Waals surface area contributed by atoms with Crippen molar-refractivity contribution >= 4 is 51.5 Å². The van der Waals surface area contributed by atoms with Gasteiger partial charge >= 0.3 is 0 Å². The molecule has 0 saturated carbocycles. The normalized spacial score (nSPS) is 10.4. The van der Waals surface area contributed by atoms with E-state index in [4.69, 9.17) is 17.3 Å². The molecular formula is C25H16ClN5OS. The smallest absolute Gasteiger partial charge is 0.234 e.